The Morgan fingerprint density at radius 1 is 1.11 bits per heavy atom. The number of carbonyl (C=O) groups is 2. The summed E-state index contributed by atoms with van der Waals surface area (Å²) in [6.45, 7) is 8.21. The van der Waals surface area contributed by atoms with Gasteiger partial charge in [-0.3, -0.25) is 0 Å². The molecule has 11 heteroatoms. The van der Waals surface area contributed by atoms with Crippen LogP contribution in [0.25, 0.3) is 0 Å². The van der Waals surface area contributed by atoms with Gasteiger partial charge in [0.1, 0.15) is 0 Å². The van der Waals surface area contributed by atoms with E-state index in [1.807, 2.05) is 0 Å². The van der Waals surface area contributed by atoms with Crippen molar-refractivity contribution in [3.05, 3.63) is 56.6 Å². The summed E-state index contributed by atoms with van der Waals surface area (Å²) >= 11 is 2.74. The Balaban J connectivity index is 3.43. The van der Waals surface area contributed by atoms with Gasteiger partial charge in [0, 0.05) is 0 Å². The third kappa shape index (κ3) is 7.10. The fraction of sp³-hybridized carbons (Fsp3) is 0.417. The van der Waals surface area contributed by atoms with Crippen LogP contribution in [0, 0.1) is 26.1 Å². The number of nitrogens with zero attached hydrogens (tertiary/aromatic N) is 1. The molecule has 0 spiro atoms. The van der Waals surface area contributed by atoms with E-state index >= 15 is 0 Å². The van der Waals surface area contributed by atoms with Gasteiger partial charge in [-0.05, 0) is 0 Å². The molecule has 1 aromatic carbocycles. The fourth-order valence-corrected chi connectivity index (χ4v) is 10.6. The summed E-state index contributed by atoms with van der Waals surface area (Å²) in [7, 11) is 1.38. The van der Waals surface area contributed by atoms with Crippen molar-refractivity contribution in [1.29, 1.82) is 5.26 Å². The number of hydrogen-bond acceptors (Lipinski definition) is 4. The second kappa shape index (κ2) is 11.6. The predicted molar refractivity (Wildman–Crippen MR) is 140 cm³/mol. The van der Waals surface area contributed by atoms with Crippen LogP contribution in [0.2, 0.25) is 0 Å². The molecular formula is C24H28F4IN3O2S. The molecule has 192 valence electrons. The molecule has 0 unspecified atom stereocenters. The number of allylic oxidation sites excluding steroid dienone is 4. The molecule has 1 aromatic rings. The first-order valence-corrected chi connectivity index (χ1v) is 14.0. The van der Waals surface area contributed by atoms with E-state index in [0.717, 1.165) is 19.9 Å². The summed E-state index contributed by atoms with van der Waals surface area (Å²) < 4.78 is 54.5. The van der Waals surface area contributed by atoms with Crippen LogP contribution in [0.5, 0.6) is 0 Å². The molecule has 0 aromatic heterocycles. The minimum absolute atomic E-state index is 0.149. The van der Waals surface area contributed by atoms with Gasteiger partial charge < -0.3 is 0 Å². The van der Waals surface area contributed by atoms with Crippen molar-refractivity contribution in [3.8, 4) is 6.07 Å². The van der Waals surface area contributed by atoms with Gasteiger partial charge in [0.2, 0.25) is 0 Å². The molecule has 1 amide bonds. The molecular weight excluding hydrogens is 597 g/mol. The molecule has 0 saturated heterocycles. The van der Waals surface area contributed by atoms with Crippen LogP contribution in [0.3, 0.4) is 0 Å². The van der Waals surface area contributed by atoms with Crippen LogP contribution in [0.15, 0.2) is 41.6 Å². The first kappa shape index (κ1) is 30.7. The maximum absolute atomic E-state index is 14.7. The Labute approximate surface area is 215 Å². The van der Waals surface area contributed by atoms with E-state index in [2.05, 4.69) is 10.6 Å². The third-order valence-corrected chi connectivity index (χ3v) is 13.2. The first-order chi connectivity index (χ1) is 15.9. The minimum atomic E-state index is -4.62. The number of thiocarbonyl (C=S) groups is 1. The van der Waals surface area contributed by atoms with Crippen LogP contribution < -0.4 is 10.6 Å². The van der Waals surface area contributed by atoms with Crippen molar-refractivity contribution in [2.75, 3.05) is 7.05 Å². The molecule has 0 aliphatic rings. The monoisotopic (exact) mass is 625 g/mol. The first-order valence-electron chi connectivity index (χ1n) is 10.3. The summed E-state index contributed by atoms with van der Waals surface area (Å²) in [5.41, 5.74) is -2.63. The van der Waals surface area contributed by atoms with Crippen LogP contribution >= 0.6 is 32.0 Å². The summed E-state index contributed by atoms with van der Waals surface area (Å²) in [6.07, 6.45) is -2.23. The maximum atomic E-state index is 14.7. The van der Waals surface area contributed by atoms with Gasteiger partial charge in [0.05, 0.1) is 0 Å². The predicted octanol–water partition coefficient (Wildman–Crippen LogP) is 6.05. The van der Waals surface area contributed by atoms with Crippen molar-refractivity contribution in [2.24, 2.45) is 5.41 Å². The molecule has 5 nitrogen and oxygen atoms in total. The van der Waals surface area contributed by atoms with Crippen molar-refractivity contribution in [2.45, 2.75) is 51.1 Å². The number of ketones is 1. The molecule has 1 rings (SSSR count). The van der Waals surface area contributed by atoms with E-state index in [9.17, 15) is 32.4 Å². The van der Waals surface area contributed by atoms with Gasteiger partial charge in [-0.25, -0.2) is 0 Å². The van der Waals surface area contributed by atoms with Crippen molar-refractivity contribution < 1.29 is 27.2 Å². The third-order valence-electron chi connectivity index (χ3n) is 5.40. The SMILES string of the molecule is CNC(=O)c1ccc(I(C(=S)N/C(C)=C/C=C(/C#N)C(C)(C)C(F)(F)F)C(C)(C)C(C)=O)cc1F. The number of rotatable bonds is 8. The Hall–Kier alpha value is -2.33. The zero-order valence-corrected chi connectivity index (χ0v) is 23.4. The zero-order valence-electron chi connectivity index (χ0n) is 20.4. The van der Waals surface area contributed by atoms with Gasteiger partial charge in [0.15, 0.2) is 0 Å². The second-order valence-electron chi connectivity index (χ2n) is 8.58. The van der Waals surface area contributed by atoms with E-state index in [0.29, 0.717) is 9.27 Å². The molecule has 35 heavy (non-hydrogen) atoms. The molecule has 0 fully saturated rings. The standard InChI is InChI=1S/C24H28F4IN3O2S/c1-14(8-9-16(13-30)22(3,4)24(26,27)28)32-21(35)29(23(5,6)15(2)33)17-10-11-18(19(25)12-17)20(34)31-7/h8-12H,1-7H3,(H,31,34)(H,32,35)/b14-8+,16-9-. The quantitative estimate of drug-likeness (QED) is 0.0538. The number of alkyl halides is 4. The van der Waals surface area contributed by atoms with Crippen LogP contribution in [-0.4, -0.2) is 31.3 Å². The van der Waals surface area contributed by atoms with Gasteiger partial charge in [0.25, 0.3) is 0 Å². The molecule has 2 N–H and O–H groups in total. The van der Waals surface area contributed by atoms with E-state index < -0.39 is 52.1 Å². The van der Waals surface area contributed by atoms with Crippen LogP contribution in [0.1, 0.15) is 51.9 Å². The summed E-state index contributed by atoms with van der Waals surface area (Å²) in [5, 5.41) is 14.5. The Kier molecular flexibility index (Phi) is 10.2. The Morgan fingerprint density at radius 3 is 2.11 bits per heavy atom. The molecule has 0 bridgehead atoms. The fourth-order valence-electron chi connectivity index (χ4n) is 2.64. The van der Waals surface area contributed by atoms with Gasteiger partial charge in [-0.2, -0.15) is 0 Å². The van der Waals surface area contributed by atoms with E-state index in [1.165, 1.54) is 32.2 Å². The summed E-state index contributed by atoms with van der Waals surface area (Å²) in [5.74, 6) is -1.51. The van der Waals surface area contributed by atoms with Crippen LogP contribution in [-0.2, 0) is 4.79 Å². The molecule has 0 heterocycles. The van der Waals surface area contributed by atoms with Crippen molar-refractivity contribution >= 4 is 46.7 Å². The van der Waals surface area contributed by atoms with Gasteiger partial charge in [-0.15, -0.1) is 0 Å². The van der Waals surface area contributed by atoms with Gasteiger partial charge >= 0.3 is 216 Å². The van der Waals surface area contributed by atoms with Crippen molar-refractivity contribution in [3.63, 3.8) is 0 Å². The second-order valence-corrected chi connectivity index (χ2v) is 16.4. The zero-order chi connectivity index (χ0) is 27.4. The molecule has 0 atom stereocenters. The number of benzene rings is 1. The van der Waals surface area contributed by atoms with E-state index in [4.69, 9.17) is 12.2 Å². The topological polar surface area (TPSA) is 82.0 Å². The number of nitrogens with one attached hydrogen (secondary N) is 2. The molecule has 0 aliphatic carbocycles. The Bertz CT molecular complexity index is 1120. The normalized spacial score (nSPS) is 13.6. The molecule has 0 aliphatic heterocycles. The van der Waals surface area contributed by atoms with E-state index in [-0.39, 0.29) is 14.3 Å². The molecule has 0 radical (unpaired) electrons. The number of carbonyl (C=O) groups excluding carboxylic acids is 2. The summed E-state index contributed by atoms with van der Waals surface area (Å²) in [4.78, 5) is 24.3. The van der Waals surface area contributed by atoms with Gasteiger partial charge in [-0.1, -0.05) is 0 Å². The Morgan fingerprint density at radius 2 is 1.69 bits per heavy atom. The number of hydrogen-bond donors (Lipinski definition) is 2. The number of nitriles is 1. The summed E-state index contributed by atoms with van der Waals surface area (Å²) in [6, 6.07) is 5.69. The van der Waals surface area contributed by atoms with Crippen LogP contribution in [0.4, 0.5) is 17.6 Å². The van der Waals surface area contributed by atoms with Crippen molar-refractivity contribution in [1.82, 2.24) is 10.6 Å². The number of Topliss-reactive ketones (excluding diaryl/α,β-unsaturated/α-hetero) is 1. The average Bonchev–Trinajstić information content (AvgIpc) is 2.72. The number of halogens is 5. The molecule has 0 saturated carbocycles. The number of amides is 1. The average molecular weight is 625 g/mol. The van der Waals surface area contributed by atoms with E-state index in [1.54, 1.807) is 32.9 Å².